The topological polar surface area (TPSA) is 150 Å². The number of anilines is 1. The number of carbonyl (C=O) groups is 5. The van der Waals surface area contributed by atoms with Gasteiger partial charge in [-0.2, -0.15) is 0 Å². The Labute approximate surface area is 209 Å². The van der Waals surface area contributed by atoms with E-state index in [2.05, 4.69) is 10.6 Å². The Balaban J connectivity index is 1.73. The molecule has 1 heterocycles. The molecule has 198 valence electrons. The number of nitrogens with one attached hydrogen (secondary N) is 2. The van der Waals surface area contributed by atoms with E-state index in [1.807, 2.05) is 0 Å². The zero-order valence-electron chi connectivity index (χ0n) is 20.4. The quantitative estimate of drug-likeness (QED) is 0.159. The summed E-state index contributed by atoms with van der Waals surface area (Å²) < 4.78 is 21.2. The van der Waals surface area contributed by atoms with Crippen LogP contribution < -0.4 is 10.6 Å². The van der Waals surface area contributed by atoms with Crippen molar-refractivity contribution in [3.63, 3.8) is 0 Å². The minimum atomic E-state index is -1.04. The summed E-state index contributed by atoms with van der Waals surface area (Å²) in [5, 5.41) is 5.30. The van der Waals surface area contributed by atoms with Crippen molar-refractivity contribution in [3.05, 3.63) is 29.3 Å². The number of piperidine rings is 1. The van der Waals surface area contributed by atoms with Crippen LogP contribution >= 0.6 is 0 Å². The third kappa shape index (κ3) is 9.46. The highest BCUT2D eigenvalue weighted by atomic mass is 16.6. The fraction of sp³-hybridized carbons (Fsp3) is 0.542. The first-order chi connectivity index (χ1) is 17.5. The van der Waals surface area contributed by atoms with Crippen LogP contribution in [0.5, 0.6) is 0 Å². The SMILES string of the molecule is Cc1cccc(NCCOCCOCCOCCOCC=O)c1C(=O)N(C=O)C1CCC(=O)NC1=O. The van der Waals surface area contributed by atoms with E-state index in [1.165, 1.54) is 0 Å². The van der Waals surface area contributed by atoms with Gasteiger partial charge in [0.25, 0.3) is 5.91 Å². The van der Waals surface area contributed by atoms with Gasteiger partial charge in [0.05, 0.1) is 51.8 Å². The van der Waals surface area contributed by atoms with Crippen LogP contribution in [-0.4, -0.2) is 101 Å². The van der Waals surface area contributed by atoms with E-state index in [0.717, 1.165) is 4.90 Å². The van der Waals surface area contributed by atoms with Crippen molar-refractivity contribution in [1.82, 2.24) is 10.2 Å². The Bertz CT molecular complexity index is 894. The highest BCUT2D eigenvalue weighted by molar-refractivity contribution is 6.09. The molecule has 12 heteroatoms. The molecule has 1 atom stereocenters. The fourth-order valence-corrected chi connectivity index (χ4v) is 3.49. The molecular weight excluding hydrogens is 474 g/mol. The van der Waals surface area contributed by atoms with Crippen molar-refractivity contribution < 1.29 is 42.9 Å². The van der Waals surface area contributed by atoms with Crippen LogP contribution in [0.4, 0.5) is 5.69 Å². The van der Waals surface area contributed by atoms with E-state index in [4.69, 9.17) is 18.9 Å². The molecule has 1 aliphatic heterocycles. The third-order valence-corrected chi connectivity index (χ3v) is 5.24. The van der Waals surface area contributed by atoms with Crippen LogP contribution in [0.25, 0.3) is 0 Å². The highest BCUT2D eigenvalue weighted by Crippen LogP contribution is 2.23. The Morgan fingerprint density at radius 3 is 2.28 bits per heavy atom. The molecule has 1 fully saturated rings. The van der Waals surface area contributed by atoms with Gasteiger partial charge in [-0.1, -0.05) is 12.1 Å². The number of aldehydes is 1. The van der Waals surface area contributed by atoms with Crippen molar-refractivity contribution >= 4 is 36.1 Å². The number of ether oxygens (including phenoxy) is 4. The first-order valence-corrected chi connectivity index (χ1v) is 11.7. The van der Waals surface area contributed by atoms with Crippen LogP contribution in [0.1, 0.15) is 28.8 Å². The maximum Gasteiger partial charge on any atom is 0.263 e. The summed E-state index contributed by atoms with van der Waals surface area (Å²) >= 11 is 0. The third-order valence-electron chi connectivity index (χ3n) is 5.24. The molecule has 12 nitrogen and oxygen atoms in total. The van der Waals surface area contributed by atoms with E-state index in [0.29, 0.717) is 76.7 Å². The number of carbonyl (C=O) groups excluding carboxylic acids is 5. The molecule has 0 bridgehead atoms. The Hall–Kier alpha value is -3.19. The number of aryl methyl sites for hydroxylation is 1. The predicted molar refractivity (Wildman–Crippen MR) is 127 cm³/mol. The van der Waals surface area contributed by atoms with Crippen molar-refractivity contribution in [2.75, 3.05) is 64.7 Å². The molecule has 0 spiro atoms. The zero-order valence-corrected chi connectivity index (χ0v) is 20.4. The summed E-state index contributed by atoms with van der Waals surface area (Å²) in [5.74, 6) is -1.71. The largest absolute Gasteiger partial charge is 0.382 e. The highest BCUT2D eigenvalue weighted by Gasteiger charge is 2.35. The lowest BCUT2D eigenvalue weighted by molar-refractivity contribution is -0.139. The zero-order chi connectivity index (χ0) is 26.2. The van der Waals surface area contributed by atoms with Gasteiger partial charge in [0, 0.05) is 18.7 Å². The van der Waals surface area contributed by atoms with Crippen LogP contribution in [-0.2, 0) is 38.1 Å². The molecule has 0 saturated carbocycles. The Morgan fingerprint density at radius 2 is 1.67 bits per heavy atom. The molecule has 4 amide bonds. The first kappa shape index (κ1) is 29.0. The summed E-state index contributed by atoms with van der Waals surface area (Å²) in [7, 11) is 0. The van der Waals surface area contributed by atoms with E-state index in [-0.39, 0.29) is 25.0 Å². The van der Waals surface area contributed by atoms with Crippen LogP contribution in [0.15, 0.2) is 18.2 Å². The van der Waals surface area contributed by atoms with Crippen molar-refractivity contribution in [3.8, 4) is 0 Å². The number of benzene rings is 1. The fourth-order valence-electron chi connectivity index (χ4n) is 3.49. The molecule has 0 aromatic heterocycles. The minimum Gasteiger partial charge on any atom is -0.382 e. The van der Waals surface area contributed by atoms with E-state index < -0.39 is 23.8 Å². The van der Waals surface area contributed by atoms with E-state index in [9.17, 15) is 24.0 Å². The molecular formula is C24H33N3O9. The maximum absolute atomic E-state index is 13.2. The average molecular weight is 508 g/mol. The second-order valence-corrected chi connectivity index (χ2v) is 7.79. The van der Waals surface area contributed by atoms with Gasteiger partial charge in [0.2, 0.25) is 18.2 Å². The lowest BCUT2D eigenvalue weighted by Crippen LogP contribution is -2.54. The van der Waals surface area contributed by atoms with Gasteiger partial charge in [-0.3, -0.25) is 29.4 Å². The molecule has 1 saturated heterocycles. The first-order valence-electron chi connectivity index (χ1n) is 11.7. The van der Waals surface area contributed by atoms with Gasteiger partial charge in [-0.05, 0) is 25.0 Å². The molecule has 2 N–H and O–H groups in total. The lowest BCUT2D eigenvalue weighted by Gasteiger charge is -2.29. The van der Waals surface area contributed by atoms with Gasteiger partial charge in [-0.15, -0.1) is 0 Å². The predicted octanol–water partition coefficient (Wildman–Crippen LogP) is 0.0760. The van der Waals surface area contributed by atoms with Crippen molar-refractivity contribution in [2.45, 2.75) is 25.8 Å². The summed E-state index contributed by atoms with van der Waals surface area (Å²) in [6, 6.07) is 4.18. The van der Waals surface area contributed by atoms with Crippen LogP contribution in [0.2, 0.25) is 0 Å². The molecule has 1 aromatic rings. The average Bonchev–Trinajstić information content (AvgIpc) is 2.86. The summed E-state index contributed by atoms with van der Waals surface area (Å²) in [4.78, 5) is 59.5. The van der Waals surface area contributed by atoms with Crippen molar-refractivity contribution in [1.29, 1.82) is 0 Å². The smallest absolute Gasteiger partial charge is 0.263 e. The summed E-state index contributed by atoms with van der Waals surface area (Å²) in [6.07, 6.45) is 1.15. The Morgan fingerprint density at radius 1 is 1.03 bits per heavy atom. The molecule has 1 unspecified atom stereocenters. The van der Waals surface area contributed by atoms with Gasteiger partial charge < -0.3 is 29.1 Å². The molecule has 0 aliphatic carbocycles. The van der Waals surface area contributed by atoms with Gasteiger partial charge in [0.15, 0.2) is 0 Å². The molecule has 0 radical (unpaired) electrons. The number of nitrogens with zero attached hydrogens (tertiary/aromatic N) is 1. The molecule has 1 aliphatic rings. The molecule has 36 heavy (non-hydrogen) atoms. The Kier molecular flexibility index (Phi) is 13.3. The lowest BCUT2D eigenvalue weighted by atomic mass is 10.0. The maximum atomic E-state index is 13.2. The van der Waals surface area contributed by atoms with E-state index in [1.54, 1.807) is 25.1 Å². The van der Waals surface area contributed by atoms with Gasteiger partial charge in [-0.25, -0.2) is 0 Å². The number of hydrogen-bond donors (Lipinski definition) is 2. The van der Waals surface area contributed by atoms with Gasteiger partial charge in [0.1, 0.15) is 18.9 Å². The number of amides is 4. The standard InChI is InChI=1S/C24H33N3O9/c1-18-3-2-4-19(22(18)24(32)27(17-29)20-5-6-21(30)26-23(20)31)25-7-9-33-11-13-35-15-16-36-14-12-34-10-8-28/h2-4,8,17,20,25H,5-7,9-16H2,1H3,(H,26,30,31). The van der Waals surface area contributed by atoms with Crippen LogP contribution in [0, 0.1) is 6.92 Å². The van der Waals surface area contributed by atoms with E-state index >= 15 is 0 Å². The number of imide groups is 2. The number of hydrogen-bond acceptors (Lipinski definition) is 10. The number of rotatable bonds is 18. The second-order valence-electron chi connectivity index (χ2n) is 7.79. The van der Waals surface area contributed by atoms with Crippen molar-refractivity contribution in [2.24, 2.45) is 0 Å². The van der Waals surface area contributed by atoms with Crippen LogP contribution in [0.3, 0.4) is 0 Å². The summed E-state index contributed by atoms with van der Waals surface area (Å²) in [5.41, 5.74) is 1.42. The summed E-state index contributed by atoms with van der Waals surface area (Å²) in [6.45, 7) is 4.87. The normalized spacial score (nSPS) is 15.3. The molecule has 1 aromatic carbocycles. The second kappa shape index (κ2) is 16.5. The monoisotopic (exact) mass is 507 g/mol. The van der Waals surface area contributed by atoms with Gasteiger partial charge >= 0.3 is 0 Å². The minimum absolute atomic E-state index is 0.0540. The molecule has 2 rings (SSSR count).